The maximum atomic E-state index is 11.1. The summed E-state index contributed by atoms with van der Waals surface area (Å²) in [6.45, 7) is 3.78. The van der Waals surface area contributed by atoms with Gasteiger partial charge in [0.2, 0.25) is 5.69 Å². The van der Waals surface area contributed by atoms with Crippen molar-refractivity contribution >= 4 is 11.6 Å². The van der Waals surface area contributed by atoms with Gasteiger partial charge in [0.15, 0.2) is 6.20 Å². The van der Waals surface area contributed by atoms with E-state index in [4.69, 9.17) is 11.6 Å². The van der Waals surface area contributed by atoms with Gasteiger partial charge in [-0.1, -0.05) is 0 Å². The molecule has 0 N–H and O–H groups in total. The average Bonchev–Trinajstić information content (AvgIpc) is 1.85. The van der Waals surface area contributed by atoms with E-state index in [1.165, 1.54) is 6.20 Å². The van der Waals surface area contributed by atoms with Gasteiger partial charge in [0.1, 0.15) is 5.88 Å². The Morgan fingerprint density at radius 3 is 2.64 bits per heavy atom. The van der Waals surface area contributed by atoms with Crippen LogP contribution in [0.2, 0.25) is 0 Å². The molecule has 0 aliphatic rings. The summed E-state index contributed by atoms with van der Waals surface area (Å²) in [6.07, 6.45) is 1.53. The average molecular weight is 172 g/mol. The molecule has 0 radical (unpaired) electrons. The minimum absolute atomic E-state index is 0.273. The number of hydrogen-bond acceptors (Lipinski definition) is 1. The number of hydrogen-bond donors (Lipinski definition) is 0. The zero-order valence-electron chi connectivity index (χ0n) is 6.60. The van der Waals surface area contributed by atoms with Crippen molar-refractivity contribution in [2.45, 2.75) is 19.7 Å². The van der Waals surface area contributed by atoms with Crippen LogP contribution in [0.4, 0.5) is 0 Å². The molecule has 1 rings (SSSR count). The third-order valence-corrected chi connectivity index (χ3v) is 1.87. The van der Waals surface area contributed by atoms with Crippen molar-refractivity contribution in [1.82, 2.24) is 0 Å². The minimum Gasteiger partial charge on any atom is -0.618 e. The van der Waals surface area contributed by atoms with Gasteiger partial charge in [0.25, 0.3) is 0 Å². The van der Waals surface area contributed by atoms with Crippen LogP contribution in [-0.4, -0.2) is 0 Å². The molecule has 0 saturated heterocycles. The topological polar surface area (TPSA) is 26.9 Å². The Morgan fingerprint density at radius 1 is 1.55 bits per heavy atom. The molecule has 0 amide bonds. The van der Waals surface area contributed by atoms with E-state index < -0.39 is 0 Å². The summed E-state index contributed by atoms with van der Waals surface area (Å²) in [5, 5.41) is 11.1. The monoisotopic (exact) mass is 171 g/mol. The minimum atomic E-state index is 0.273. The first kappa shape index (κ1) is 8.34. The highest BCUT2D eigenvalue weighted by molar-refractivity contribution is 6.16. The van der Waals surface area contributed by atoms with Gasteiger partial charge >= 0.3 is 0 Å². The molecule has 1 heterocycles. The van der Waals surface area contributed by atoms with E-state index in [1.54, 1.807) is 0 Å². The van der Waals surface area contributed by atoms with Crippen LogP contribution >= 0.6 is 11.6 Å². The molecule has 0 saturated carbocycles. The zero-order chi connectivity index (χ0) is 8.43. The number of halogens is 1. The summed E-state index contributed by atoms with van der Waals surface area (Å²) < 4.78 is 0.831. The molecule has 3 heteroatoms. The maximum Gasteiger partial charge on any atom is 0.210 e. The van der Waals surface area contributed by atoms with Crippen LogP contribution in [0, 0.1) is 19.1 Å². The Morgan fingerprint density at radius 2 is 2.18 bits per heavy atom. The summed E-state index contributed by atoms with van der Waals surface area (Å²) in [6, 6.07) is 1.95. The van der Waals surface area contributed by atoms with E-state index in [9.17, 15) is 5.21 Å². The molecule has 2 nitrogen and oxygen atoms in total. The molecule has 0 atom stereocenters. The van der Waals surface area contributed by atoms with Crippen molar-refractivity contribution in [2.75, 3.05) is 0 Å². The van der Waals surface area contributed by atoms with Crippen LogP contribution in [0.1, 0.15) is 16.8 Å². The van der Waals surface area contributed by atoms with Crippen LogP contribution in [0.25, 0.3) is 0 Å². The number of aryl methyl sites for hydroxylation is 2. The fourth-order valence-corrected chi connectivity index (χ4v) is 1.39. The normalized spacial score (nSPS) is 10.1. The molecule has 11 heavy (non-hydrogen) atoms. The number of alkyl halides is 1. The first-order chi connectivity index (χ1) is 5.15. The van der Waals surface area contributed by atoms with Crippen molar-refractivity contribution in [3.63, 3.8) is 0 Å². The lowest BCUT2D eigenvalue weighted by molar-refractivity contribution is -0.613. The van der Waals surface area contributed by atoms with E-state index in [2.05, 4.69) is 0 Å². The molecule has 0 spiro atoms. The van der Waals surface area contributed by atoms with Crippen molar-refractivity contribution in [3.05, 3.63) is 34.3 Å². The smallest absolute Gasteiger partial charge is 0.210 e. The van der Waals surface area contributed by atoms with Crippen molar-refractivity contribution in [1.29, 1.82) is 0 Å². The fraction of sp³-hybridized carbons (Fsp3) is 0.375. The van der Waals surface area contributed by atoms with Gasteiger partial charge < -0.3 is 5.21 Å². The van der Waals surface area contributed by atoms with Crippen LogP contribution < -0.4 is 4.73 Å². The molecule has 1 aromatic rings. The van der Waals surface area contributed by atoms with Gasteiger partial charge in [0.05, 0.1) is 0 Å². The highest BCUT2D eigenvalue weighted by atomic mass is 35.5. The van der Waals surface area contributed by atoms with E-state index in [1.807, 2.05) is 19.9 Å². The van der Waals surface area contributed by atoms with Crippen LogP contribution in [0.5, 0.6) is 0 Å². The molecule has 60 valence electrons. The molecule has 0 aliphatic carbocycles. The standard InChI is InChI=1S/C8H10ClNO/c1-6-3-7(2)8(4-9)10(11)5-6/h3,5H,4H2,1-2H3. The fourth-order valence-electron chi connectivity index (χ4n) is 1.06. The largest absolute Gasteiger partial charge is 0.618 e. The Balaban J connectivity index is 3.25. The summed E-state index contributed by atoms with van der Waals surface area (Å²) >= 11 is 5.57. The Hall–Kier alpha value is -0.760. The Labute approximate surface area is 71.0 Å². The Kier molecular flexibility index (Phi) is 2.35. The molecular weight excluding hydrogens is 162 g/mol. The molecule has 0 aliphatic heterocycles. The SMILES string of the molecule is Cc1cc(C)c(CCl)[n+]([O-])c1. The second-order valence-electron chi connectivity index (χ2n) is 2.61. The second kappa shape index (κ2) is 3.09. The highest BCUT2D eigenvalue weighted by Crippen LogP contribution is 2.06. The quantitative estimate of drug-likeness (QED) is 0.359. The third kappa shape index (κ3) is 1.63. The zero-order valence-corrected chi connectivity index (χ0v) is 7.35. The van der Waals surface area contributed by atoms with Gasteiger partial charge in [-0.05, 0) is 19.9 Å². The second-order valence-corrected chi connectivity index (χ2v) is 2.87. The molecule has 0 aromatic carbocycles. The van der Waals surface area contributed by atoms with Gasteiger partial charge in [-0.3, -0.25) is 0 Å². The molecule has 1 aromatic heterocycles. The van der Waals surface area contributed by atoms with Crippen molar-refractivity contribution in [3.8, 4) is 0 Å². The number of aromatic nitrogens is 1. The van der Waals surface area contributed by atoms with Crippen molar-refractivity contribution < 1.29 is 4.73 Å². The molecule has 0 unspecified atom stereocenters. The summed E-state index contributed by atoms with van der Waals surface area (Å²) in [4.78, 5) is 0. The predicted octanol–water partition coefficient (Wildman–Crippen LogP) is 1.68. The highest BCUT2D eigenvalue weighted by Gasteiger charge is 2.07. The van der Waals surface area contributed by atoms with Gasteiger partial charge in [-0.15, -0.1) is 11.6 Å². The summed E-state index contributed by atoms with van der Waals surface area (Å²) in [5.74, 6) is 0.273. The number of nitrogens with zero attached hydrogens (tertiary/aromatic N) is 1. The first-order valence-corrected chi connectivity index (χ1v) is 3.94. The van der Waals surface area contributed by atoms with E-state index in [0.29, 0.717) is 5.69 Å². The van der Waals surface area contributed by atoms with Crippen molar-refractivity contribution in [2.24, 2.45) is 0 Å². The van der Waals surface area contributed by atoms with Gasteiger partial charge in [0, 0.05) is 11.1 Å². The van der Waals surface area contributed by atoms with Crippen LogP contribution in [0.15, 0.2) is 12.3 Å². The lowest BCUT2D eigenvalue weighted by Gasteiger charge is -2.04. The van der Waals surface area contributed by atoms with E-state index in [0.717, 1.165) is 15.9 Å². The number of rotatable bonds is 1. The maximum absolute atomic E-state index is 11.1. The van der Waals surface area contributed by atoms with E-state index in [-0.39, 0.29) is 5.88 Å². The lowest BCUT2D eigenvalue weighted by atomic mass is 10.2. The molecule has 0 fully saturated rings. The summed E-state index contributed by atoms with van der Waals surface area (Å²) in [5.41, 5.74) is 2.55. The predicted molar refractivity (Wildman–Crippen MR) is 44.4 cm³/mol. The van der Waals surface area contributed by atoms with Crippen LogP contribution in [0.3, 0.4) is 0 Å². The Bertz CT molecular complexity index is 250. The number of pyridine rings is 1. The van der Waals surface area contributed by atoms with E-state index >= 15 is 0 Å². The van der Waals surface area contributed by atoms with Gasteiger partial charge in [-0.2, -0.15) is 4.73 Å². The van der Waals surface area contributed by atoms with Gasteiger partial charge in [-0.25, -0.2) is 0 Å². The lowest BCUT2D eigenvalue weighted by Crippen LogP contribution is -2.32. The molecular formula is C8H10ClNO. The molecule has 0 bridgehead atoms. The first-order valence-electron chi connectivity index (χ1n) is 3.40. The van der Waals surface area contributed by atoms with Crippen LogP contribution in [-0.2, 0) is 5.88 Å². The summed E-state index contributed by atoms with van der Waals surface area (Å²) in [7, 11) is 0. The third-order valence-electron chi connectivity index (χ3n) is 1.61.